The minimum absolute atomic E-state index is 0.505. The van der Waals surface area contributed by atoms with E-state index in [0.717, 1.165) is 31.0 Å². The van der Waals surface area contributed by atoms with Gasteiger partial charge in [0.05, 0.1) is 0 Å². The van der Waals surface area contributed by atoms with E-state index >= 15 is 0 Å². The molecule has 2 heterocycles. The van der Waals surface area contributed by atoms with Crippen molar-refractivity contribution in [1.29, 1.82) is 0 Å². The molecule has 2 rings (SSSR count). The van der Waals surface area contributed by atoms with E-state index in [2.05, 4.69) is 41.5 Å². The van der Waals surface area contributed by atoms with Gasteiger partial charge in [0.1, 0.15) is 0 Å². The van der Waals surface area contributed by atoms with Gasteiger partial charge in [-0.25, -0.2) is 0 Å². The maximum atomic E-state index is 4.23. The Hall–Kier alpha value is -1.09. The highest BCUT2D eigenvalue weighted by Crippen LogP contribution is 2.26. The Bertz CT molecular complexity index is 340. The van der Waals surface area contributed by atoms with Crippen LogP contribution in [-0.4, -0.2) is 37.3 Å². The lowest BCUT2D eigenvalue weighted by Gasteiger charge is -2.27. The van der Waals surface area contributed by atoms with Crippen LogP contribution in [0.2, 0.25) is 0 Å². The Kier molecular flexibility index (Phi) is 4.59. The fourth-order valence-corrected chi connectivity index (χ4v) is 3.01. The molecule has 100 valence electrons. The van der Waals surface area contributed by atoms with Gasteiger partial charge in [-0.3, -0.25) is 4.99 Å². The van der Waals surface area contributed by atoms with E-state index in [0.29, 0.717) is 12.0 Å². The van der Waals surface area contributed by atoms with Crippen LogP contribution >= 0.6 is 0 Å². The second-order valence-electron chi connectivity index (χ2n) is 5.45. The molecular weight excluding hydrogens is 222 g/mol. The number of nitrogens with zero attached hydrogens (tertiary/aromatic N) is 2. The molecule has 2 atom stereocenters. The number of piperidine rings is 1. The van der Waals surface area contributed by atoms with Crippen LogP contribution in [0, 0.1) is 5.92 Å². The summed E-state index contributed by atoms with van der Waals surface area (Å²) in [6, 6.07) is 0.615. The molecule has 0 amide bonds. The Morgan fingerprint density at radius 3 is 2.78 bits per heavy atom. The van der Waals surface area contributed by atoms with Crippen molar-refractivity contribution in [2.75, 3.05) is 19.6 Å². The second kappa shape index (κ2) is 6.19. The third-order valence-corrected chi connectivity index (χ3v) is 4.13. The maximum absolute atomic E-state index is 4.23. The first-order chi connectivity index (χ1) is 8.72. The number of likely N-dealkylation sites (tertiary alicyclic amines) is 1. The predicted molar refractivity (Wildman–Crippen MR) is 77.8 cm³/mol. The normalized spacial score (nSPS) is 29.4. The smallest absolute Gasteiger partial charge is 0.0460 e. The Morgan fingerprint density at radius 1 is 1.39 bits per heavy atom. The molecule has 0 bridgehead atoms. The fraction of sp³-hybridized carbons (Fsp3) is 0.667. The monoisotopic (exact) mass is 247 g/mol. The molecule has 0 aliphatic carbocycles. The minimum atomic E-state index is 0.505. The number of nitrogens with one attached hydrogen (secondary N) is 1. The van der Waals surface area contributed by atoms with Gasteiger partial charge in [-0.15, -0.1) is 0 Å². The minimum Gasteiger partial charge on any atom is -0.369 e. The molecule has 2 fully saturated rings. The molecular formula is C15H25N3. The molecule has 2 aliphatic rings. The summed E-state index contributed by atoms with van der Waals surface area (Å²) >= 11 is 0. The highest BCUT2D eigenvalue weighted by atomic mass is 15.2. The van der Waals surface area contributed by atoms with Crippen molar-refractivity contribution in [2.45, 2.75) is 38.6 Å². The topological polar surface area (TPSA) is 27.6 Å². The number of hydrogen-bond donors (Lipinski definition) is 1. The van der Waals surface area contributed by atoms with E-state index in [-0.39, 0.29) is 0 Å². The summed E-state index contributed by atoms with van der Waals surface area (Å²) in [6.07, 6.45) is 7.13. The van der Waals surface area contributed by atoms with Gasteiger partial charge in [0.15, 0.2) is 0 Å². The molecule has 0 aromatic rings. The predicted octanol–water partition coefficient (Wildman–Crippen LogP) is 2.57. The summed E-state index contributed by atoms with van der Waals surface area (Å²) in [5.74, 6) is 0.505. The van der Waals surface area contributed by atoms with Gasteiger partial charge in [0, 0.05) is 36.4 Å². The lowest BCUT2D eigenvalue weighted by Crippen LogP contribution is -2.31. The summed E-state index contributed by atoms with van der Waals surface area (Å²) in [5, 5.41) is 3.43. The number of allylic oxidation sites excluding steroid dienone is 1. The van der Waals surface area contributed by atoms with Crippen LogP contribution in [0.15, 0.2) is 29.0 Å². The van der Waals surface area contributed by atoms with Gasteiger partial charge in [0.25, 0.3) is 0 Å². The Morgan fingerprint density at radius 2 is 2.22 bits per heavy atom. The molecule has 0 spiro atoms. The molecule has 2 aliphatic heterocycles. The largest absolute Gasteiger partial charge is 0.369 e. The van der Waals surface area contributed by atoms with Crippen LogP contribution in [-0.2, 0) is 0 Å². The summed E-state index contributed by atoms with van der Waals surface area (Å²) in [7, 11) is 0. The van der Waals surface area contributed by atoms with Crippen molar-refractivity contribution < 1.29 is 0 Å². The second-order valence-corrected chi connectivity index (χ2v) is 5.45. The average Bonchev–Trinajstić information content (AvgIpc) is 2.83. The van der Waals surface area contributed by atoms with Crippen LogP contribution < -0.4 is 5.32 Å². The summed E-state index contributed by atoms with van der Waals surface area (Å²) in [5.41, 5.74) is 2.21. The van der Waals surface area contributed by atoms with Gasteiger partial charge in [-0.2, -0.15) is 0 Å². The molecule has 1 N–H and O–H groups in total. The van der Waals surface area contributed by atoms with Gasteiger partial charge in [-0.05, 0) is 51.9 Å². The van der Waals surface area contributed by atoms with E-state index in [1.54, 1.807) is 0 Å². The maximum Gasteiger partial charge on any atom is 0.0460 e. The van der Waals surface area contributed by atoms with Crippen LogP contribution in [0.25, 0.3) is 0 Å². The number of hydrogen-bond acceptors (Lipinski definition) is 3. The first-order valence-corrected chi connectivity index (χ1v) is 7.07. The zero-order valence-corrected chi connectivity index (χ0v) is 11.5. The zero-order chi connectivity index (χ0) is 13.0. The summed E-state index contributed by atoms with van der Waals surface area (Å²) < 4.78 is 0. The molecule has 0 radical (unpaired) electrons. The van der Waals surface area contributed by atoms with Gasteiger partial charge in [-0.1, -0.05) is 6.58 Å². The number of aliphatic imine (C=N–C) groups is 1. The Labute approximate surface area is 111 Å². The highest BCUT2D eigenvalue weighted by molar-refractivity contribution is 5.33. The molecule has 18 heavy (non-hydrogen) atoms. The van der Waals surface area contributed by atoms with E-state index in [1.807, 2.05) is 0 Å². The van der Waals surface area contributed by atoms with Crippen molar-refractivity contribution in [1.82, 2.24) is 10.2 Å². The molecule has 2 saturated heterocycles. The molecule has 2 unspecified atom stereocenters. The molecule has 3 nitrogen and oxygen atoms in total. The quantitative estimate of drug-likeness (QED) is 0.611. The van der Waals surface area contributed by atoms with Crippen molar-refractivity contribution in [3.05, 3.63) is 24.0 Å². The van der Waals surface area contributed by atoms with Crippen LogP contribution in [0.5, 0.6) is 0 Å². The molecule has 3 heteroatoms. The SMILES string of the molecule is C=N/C(=C\C(=C)N1CCCC1C)C1CCCNC1. The first kappa shape index (κ1) is 13.3. The van der Waals surface area contributed by atoms with Crippen LogP contribution in [0.4, 0.5) is 0 Å². The summed E-state index contributed by atoms with van der Waals surface area (Å²) in [6.45, 7) is 13.5. The average molecular weight is 247 g/mol. The summed E-state index contributed by atoms with van der Waals surface area (Å²) in [4.78, 5) is 6.62. The van der Waals surface area contributed by atoms with E-state index in [1.165, 1.54) is 25.7 Å². The van der Waals surface area contributed by atoms with E-state index < -0.39 is 0 Å². The fourth-order valence-electron chi connectivity index (χ4n) is 3.01. The Balaban J connectivity index is 2.03. The number of rotatable bonds is 4. The third-order valence-electron chi connectivity index (χ3n) is 4.13. The van der Waals surface area contributed by atoms with Gasteiger partial charge < -0.3 is 10.2 Å². The highest BCUT2D eigenvalue weighted by Gasteiger charge is 2.22. The molecule has 0 aromatic carbocycles. The first-order valence-electron chi connectivity index (χ1n) is 7.07. The van der Waals surface area contributed by atoms with Crippen LogP contribution in [0.1, 0.15) is 32.6 Å². The van der Waals surface area contributed by atoms with Crippen molar-refractivity contribution >= 4 is 6.72 Å². The standard InChI is InChI=1S/C15H25N3/c1-12-6-5-9-18(12)13(2)10-15(16-3)14-7-4-8-17-11-14/h10,12,14,17H,2-9,11H2,1H3/b15-10-. The lowest BCUT2D eigenvalue weighted by molar-refractivity contribution is 0.349. The van der Waals surface area contributed by atoms with Gasteiger partial charge in [0.2, 0.25) is 0 Å². The molecule has 0 saturated carbocycles. The van der Waals surface area contributed by atoms with Crippen molar-refractivity contribution in [2.24, 2.45) is 10.9 Å². The zero-order valence-electron chi connectivity index (χ0n) is 11.5. The van der Waals surface area contributed by atoms with E-state index in [9.17, 15) is 0 Å². The van der Waals surface area contributed by atoms with E-state index in [4.69, 9.17) is 0 Å². The van der Waals surface area contributed by atoms with Gasteiger partial charge >= 0.3 is 0 Å². The third kappa shape index (κ3) is 3.02. The van der Waals surface area contributed by atoms with Crippen LogP contribution in [0.3, 0.4) is 0 Å². The van der Waals surface area contributed by atoms with Crippen molar-refractivity contribution in [3.63, 3.8) is 0 Å². The van der Waals surface area contributed by atoms with Crippen molar-refractivity contribution in [3.8, 4) is 0 Å². The lowest BCUT2D eigenvalue weighted by atomic mass is 9.95. The molecule has 0 aromatic heterocycles.